The average molecular weight is 446 g/mol. The molecule has 1 unspecified atom stereocenters. The molecule has 1 aliphatic rings. The van der Waals surface area contributed by atoms with Gasteiger partial charge in [0.15, 0.2) is 0 Å². The number of para-hydroxylation sites is 2. The molecule has 0 spiro atoms. The summed E-state index contributed by atoms with van der Waals surface area (Å²) in [4.78, 5) is 27.6. The molecule has 0 radical (unpaired) electrons. The lowest BCUT2D eigenvalue weighted by atomic mass is 9.94. The van der Waals surface area contributed by atoms with Gasteiger partial charge in [-0.05, 0) is 63.2 Å². The Kier molecular flexibility index (Phi) is 7.76. The van der Waals surface area contributed by atoms with E-state index < -0.39 is 0 Å². The highest BCUT2D eigenvalue weighted by Gasteiger charge is 2.30. The van der Waals surface area contributed by atoms with Crippen LogP contribution < -0.4 is 20.1 Å². The fourth-order valence-corrected chi connectivity index (χ4v) is 3.88. The second-order valence-electron chi connectivity index (χ2n) is 7.51. The first-order valence-corrected chi connectivity index (χ1v) is 10.6. The van der Waals surface area contributed by atoms with Crippen molar-refractivity contribution in [2.45, 2.75) is 25.8 Å². The largest absolute Gasteiger partial charge is 0.495 e. The molecular weight excluding hydrogens is 418 g/mol. The maximum atomic E-state index is 12.8. The number of rotatable bonds is 7. The SMILES string of the molecule is COc1ccccc1NC(=O)C1CCN(C(C)C(=O)Nc2cc(Cl)ccc2OC)CC1. The molecular formula is C23H28ClN3O4. The van der Waals surface area contributed by atoms with Crippen LogP contribution >= 0.6 is 11.6 Å². The third-order valence-corrected chi connectivity index (χ3v) is 5.85. The number of carbonyl (C=O) groups is 2. The van der Waals surface area contributed by atoms with E-state index in [9.17, 15) is 9.59 Å². The molecule has 31 heavy (non-hydrogen) atoms. The number of carbonyl (C=O) groups excluding carboxylic acids is 2. The van der Waals surface area contributed by atoms with Crippen LogP contribution in [-0.4, -0.2) is 50.1 Å². The first-order chi connectivity index (χ1) is 14.9. The minimum Gasteiger partial charge on any atom is -0.495 e. The molecule has 0 aromatic heterocycles. The Balaban J connectivity index is 1.54. The third kappa shape index (κ3) is 5.68. The number of methoxy groups -OCH3 is 2. The van der Waals surface area contributed by atoms with E-state index in [0.717, 1.165) is 0 Å². The number of nitrogens with one attached hydrogen (secondary N) is 2. The number of benzene rings is 2. The fourth-order valence-electron chi connectivity index (χ4n) is 3.71. The predicted octanol–water partition coefficient (Wildman–Crippen LogP) is 4.03. The van der Waals surface area contributed by atoms with Crippen molar-refractivity contribution in [2.24, 2.45) is 5.92 Å². The zero-order chi connectivity index (χ0) is 22.4. The van der Waals surface area contributed by atoms with E-state index in [-0.39, 0.29) is 23.8 Å². The lowest BCUT2D eigenvalue weighted by Crippen LogP contribution is -2.47. The van der Waals surface area contributed by atoms with E-state index in [1.54, 1.807) is 32.4 Å². The van der Waals surface area contributed by atoms with Crippen LogP contribution in [0.2, 0.25) is 5.02 Å². The Morgan fingerprint density at radius 2 is 1.65 bits per heavy atom. The van der Waals surface area contributed by atoms with Gasteiger partial charge in [0.1, 0.15) is 11.5 Å². The Hall–Kier alpha value is -2.77. The maximum absolute atomic E-state index is 12.8. The first-order valence-electron chi connectivity index (χ1n) is 10.2. The van der Waals surface area contributed by atoms with Gasteiger partial charge in [0, 0.05) is 10.9 Å². The van der Waals surface area contributed by atoms with Crippen LogP contribution in [-0.2, 0) is 9.59 Å². The molecule has 1 aliphatic heterocycles. The van der Waals surface area contributed by atoms with Crippen molar-refractivity contribution in [3.63, 3.8) is 0 Å². The van der Waals surface area contributed by atoms with Gasteiger partial charge < -0.3 is 20.1 Å². The van der Waals surface area contributed by atoms with Crippen molar-refractivity contribution in [2.75, 3.05) is 37.9 Å². The van der Waals surface area contributed by atoms with E-state index >= 15 is 0 Å². The predicted molar refractivity (Wildman–Crippen MR) is 122 cm³/mol. The van der Waals surface area contributed by atoms with Crippen LogP contribution in [0, 0.1) is 5.92 Å². The molecule has 166 valence electrons. The first kappa shape index (κ1) is 22.9. The topological polar surface area (TPSA) is 79.9 Å². The number of piperidine rings is 1. The Bertz CT molecular complexity index is 929. The summed E-state index contributed by atoms with van der Waals surface area (Å²) in [6.45, 7) is 3.18. The van der Waals surface area contributed by atoms with Crippen LogP contribution in [0.15, 0.2) is 42.5 Å². The number of likely N-dealkylation sites (tertiary alicyclic amines) is 1. The number of anilines is 2. The van der Waals surface area contributed by atoms with Crippen LogP contribution in [0.25, 0.3) is 0 Å². The number of amides is 2. The molecule has 1 atom stereocenters. The van der Waals surface area contributed by atoms with E-state index in [1.165, 1.54) is 0 Å². The van der Waals surface area contributed by atoms with Crippen molar-refractivity contribution in [1.29, 1.82) is 0 Å². The molecule has 1 saturated heterocycles. The van der Waals surface area contributed by atoms with Crippen LogP contribution in [0.4, 0.5) is 11.4 Å². The standard InChI is InChI=1S/C23H28ClN3O4/c1-15(22(28)26-19-14-17(24)8-9-21(19)31-3)27-12-10-16(11-13-27)23(29)25-18-6-4-5-7-20(18)30-2/h4-9,14-16H,10-13H2,1-3H3,(H,25,29)(H,26,28). The summed E-state index contributed by atoms with van der Waals surface area (Å²) < 4.78 is 10.6. The highest BCUT2D eigenvalue weighted by Crippen LogP contribution is 2.29. The number of hydrogen-bond acceptors (Lipinski definition) is 5. The molecule has 3 rings (SSSR count). The highest BCUT2D eigenvalue weighted by atomic mass is 35.5. The summed E-state index contributed by atoms with van der Waals surface area (Å²) in [5, 5.41) is 6.38. The molecule has 1 heterocycles. The van der Waals surface area contributed by atoms with E-state index in [0.29, 0.717) is 53.8 Å². The minimum absolute atomic E-state index is 0.0232. The molecule has 2 N–H and O–H groups in total. The van der Waals surface area contributed by atoms with Gasteiger partial charge in [-0.2, -0.15) is 0 Å². The van der Waals surface area contributed by atoms with Crippen LogP contribution in [0.3, 0.4) is 0 Å². The van der Waals surface area contributed by atoms with Crippen molar-refractivity contribution >= 4 is 34.8 Å². The minimum atomic E-state index is -0.345. The zero-order valence-corrected chi connectivity index (χ0v) is 18.7. The van der Waals surface area contributed by atoms with Gasteiger partial charge in [0.05, 0.1) is 31.6 Å². The quantitative estimate of drug-likeness (QED) is 0.672. The Morgan fingerprint density at radius 3 is 2.32 bits per heavy atom. The van der Waals surface area contributed by atoms with Gasteiger partial charge in [0.25, 0.3) is 0 Å². The van der Waals surface area contributed by atoms with Gasteiger partial charge in [-0.15, -0.1) is 0 Å². The maximum Gasteiger partial charge on any atom is 0.241 e. The monoisotopic (exact) mass is 445 g/mol. The van der Waals surface area contributed by atoms with E-state index in [1.807, 2.05) is 31.2 Å². The number of halogens is 1. The third-order valence-electron chi connectivity index (χ3n) is 5.61. The average Bonchev–Trinajstić information content (AvgIpc) is 2.79. The molecule has 1 fully saturated rings. The number of nitrogens with zero attached hydrogens (tertiary/aromatic N) is 1. The van der Waals surface area contributed by atoms with Crippen LogP contribution in [0.1, 0.15) is 19.8 Å². The van der Waals surface area contributed by atoms with Gasteiger partial charge in [-0.3, -0.25) is 14.5 Å². The summed E-state index contributed by atoms with van der Waals surface area (Å²) in [7, 11) is 3.12. The van der Waals surface area contributed by atoms with E-state index in [4.69, 9.17) is 21.1 Å². The summed E-state index contributed by atoms with van der Waals surface area (Å²) in [6, 6.07) is 12.1. The second-order valence-corrected chi connectivity index (χ2v) is 7.95. The molecule has 2 amide bonds. The van der Waals surface area contributed by atoms with Crippen LogP contribution in [0.5, 0.6) is 11.5 Å². The summed E-state index contributed by atoms with van der Waals surface area (Å²) in [6.07, 6.45) is 1.36. The smallest absolute Gasteiger partial charge is 0.241 e. The molecule has 0 aliphatic carbocycles. The lowest BCUT2D eigenvalue weighted by Gasteiger charge is -2.34. The molecule has 0 bridgehead atoms. The molecule has 2 aromatic rings. The lowest BCUT2D eigenvalue weighted by molar-refractivity contribution is -0.123. The Labute approximate surface area is 187 Å². The molecule has 8 heteroatoms. The van der Waals surface area contributed by atoms with Crippen molar-refractivity contribution < 1.29 is 19.1 Å². The van der Waals surface area contributed by atoms with Gasteiger partial charge in [0.2, 0.25) is 11.8 Å². The van der Waals surface area contributed by atoms with Crippen molar-refractivity contribution in [3.05, 3.63) is 47.5 Å². The number of hydrogen-bond donors (Lipinski definition) is 2. The van der Waals surface area contributed by atoms with Gasteiger partial charge in [-0.1, -0.05) is 23.7 Å². The van der Waals surface area contributed by atoms with Gasteiger partial charge >= 0.3 is 0 Å². The second kappa shape index (κ2) is 10.5. The van der Waals surface area contributed by atoms with Crippen molar-refractivity contribution in [3.8, 4) is 11.5 Å². The zero-order valence-electron chi connectivity index (χ0n) is 18.0. The van der Waals surface area contributed by atoms with Gasteiger partial charge in [-0.25, -0.2) is 0 Å². The summed E-state index contributed by atoms with van der Waals surface area (Å²) in [5.41, 5.74) is 1.21. The van der Waals surface area contributed by atoms with E-state index in [2.05, 4.69) is 15.5 Å². The Morgan fingerprint density at radius 1 is 1.00 bits per heavy atom. The number of ether oxygens (including phenoxy) is 2. The summed E-state index contributed by atoms with van der Waals surface area (Å²) in [5.74, 6) is 0.915. The van der Waals surface area contributed by atoms with Crippen molar-refractivity contribution in [1.82, 2.24) is 4.90 Å². The summed E-state index contributed by atoms with van der Waals surface area (Å²) >= 11 is 6.05. The molecule has 7 nitrogen and oxygen atoms in total. The molecule has 0 saturated carbocycles. The highest BCUT2D eigenvalue weighted by molar-refractivity contribution is 6.31. The normalized spacial score (nSPS) is 15.7. The molecule has 2 aromatic carbocycles. The fraction of sp³-hybridized carbons (Fsp3) is 0.391.